The summed E-state index contributed by atoms with van der Waals surface area (Å²) in [6.07, 6.45) is -7.75. The molecule has 1 amide bonds. The highest BCUT2D eigenvalue weighted by molar-refractivity contribution is 5.94. The molecule has 1 N–H and O–H groups in total. The summed E-state index contributed by atoms with van der Waals surface area (Å²) < 4.78 is 84.3. The molecule has 0 bridgehead atoms. The van der Waals surface area contributed by atoms with Crippen molar-refractivity contribution in [3.05, 3.63) is 29.3 Å². The third-order valence-electron chi connectivity index (χ3n) is 5.56. The number of anilines is 1. The molecule has 3 rings (SSSR count). The van der Waals surface area contributed by atoms with Gasteiger partial charge in [0.25, 0.3) is 5.60 Å². The number of carbonyl (C=O) groups is 1. The van der Waals surface area contributed by atoms with Gasteiger partial charge in [0.05, 0.1) is 13.2 Å². The van der Waals surface area contributed by atoms with Crippen LogP contribution in [0, 0.1) is 5.92 Å². The van der Waals surface area contributed by atoms with Gasteiger partial charge in [0.2, 0.25) is 5.91 Å². The molecular formula is C19H21F6NO3. The smallest absolute Gasteiger partial charge is 0.375 e. The highest BCUT2D eigenvalue weighted by atomic mass is 19.4. The molecule has 0 unspecified atom stereocenters. The number of benzene rings is 1. The molecule has 1 aliphatic heterocycles. The Morgan fingerprint density at radius 2 is 1.72 bits per heavy atom. The molecule has 162 valence electrons. The molecule has 0 radical (unpaired) electrons. The first kappa shape index (κ1) is 21.9. The van der Waals surface area contributed by atoms with Crippen molar-refractivity contribution < 1.29 is 41.0 Å². The third-order valence-corrected chi connectivity index (χ3v) is 5.56. The third kappa shape index (κ3) is 4.09. The second-order valence-electron chi connectivity index (χ2n) is 7.50. The quantitative estimate of drug-likeness (QED) is 0.729. The van der Waals surface area contributed by atoms with Crippen molar-refractivity contribution in [1.29, 1.82) is 0 Å². The molecule has 1 fully saturated rings. The van der Waals surface area contributed by atoms with Crippen molar-refractivity contribution in [2.45, 2.75) is 56.7 Å². The minimum atomic E-state index is -5.97. The number of halogens is 6. The van der Waals surface area contributed by atoms with Crippen molar-refractivity contribution in [2.75, 3.05) is 18.1 Å². The van der Waals surface area contributed by atoms with Gasteiger partial charge in [-0.25, -0.2) is 0 Å². The van der Waals surface area contributed by atoms with Crippen LogP contribution in [0.15, 0.2) is 18.2 Å². The van der Waals surface area contributed by atoms with E-state index < -0.39 is 23.5 Å². The van der Waals surface area contributed by atoms with E-state index in [1.807, 2.05) is 0 Å². The van der Waals surface area contributed by atoms with Crippen LogP contribution < -0.4 is 4.90 Å². The van der Waals surface area contributed by atoms with Gasteiger partial charge in [-0.05, 0) is 30.9 Å². The van der Waals surface area contributed by atoms with E-state index >= 15 is 0 Å². The number of amides is 1. The molecule has 0 saturated heterocycles. The summed E-state index contributed by atoms with van der Waals surface area (Å²) in [5.41, 5.74) is -6.17. The Bertz CT molecular complexity index is 741. The minimum absolute atomic E-state index is 0.00769. The van der Waals surface area contributed by atoms with Crippen molar-refractivity contribution in [1.82, 2.24) is 0 Å². The van der Waals surface area contributed by atoms with Gasteiger partial charge in [-0.3, -0.25) is 4.79 Å². The SMILES string of the molecule is O=C(CC1CCCC1)N1CCOCc2cc(C(O)(C(F)(F)F)C(F)(F)F)ccc21. The van der Waals surface area contributed by atoms with Gasteiger partial charge in [-0.15, -0.1) is 0 Å². The van der Waals surface area contributed by atoms with E-state index in [1.165, 1.54) is 4.90 Å². The van der Waals surface area contributed by atoms with Gasteiger partial charge in [0, 0.05) is 29.8 Å². The molecule has 0 spiro atoms. The summed E-state index contributed by atoms with van der Waals surface area (Å²) in [6.45, 7) is -0.00782. The van der Waals surface area contributed by atoms with E-state index in [2.05, 4.69) is 0 Å². The average Bonchev–Trinajstić information content (AvgIpc) is 3.02. The maximum Gasteiger partial charge on any atom is 0.430 e. The van der Waals surface area contributed by atoms with E-state index in [1.54, 1.807) is 0 Å². The lowest BCUT2D eigenvalue weighted by molar-refractivity contribution is -0.376. The average molecular weight is 425 g/mol. The summed E-state index contributed by atoms with van der Waals surface area (Å²) in [4.78, 5) is 14.1. The Hall–Kier alpha value is -1.81. The standard InChI is InChI=1S/C19H21F6NO3/c20-18(21,22)17(28,19(23,24)25)14-5-6-15-13(10-14)11-29-8-7-26(15)16(27)9-12-3-1-2-4-12/h5-6,10,12,28H,1-4,7-9,11H2. The van der Waals surface area contributed by atoms with Crippen LogP contribution in [0.25, 0.3) is 0 Å². The number of carbonyl (C=O) groups excluding carboxylic acids is 1. The van der Waals surface area contributed by atoms with E-state index in [9.17, 15) is 36.2 Å². The lowest BCUT2D eigenvalue weighted by atomic mass is 9.90. The first-order chi connectivity index (χ1) is 13.4. The Labute approximate surface area is 163 Å². The highest BCUT2D eigenvalue weighted by Gasteiger charge is 2.71. The number of aliphatic hydroxyl groups is 1. The maximum absolute atomic E-state index is 13.2. The van der Waals surface area contributed by atoms with Crippen molar-refractivity contribution in [2.24, 2.45) is 5.92 Å². The second kappa shape index (κ2) is 7.79. The summed E-state index contributed by atoms with van der Waals surface area (Å²) >= 11 is 0. The number of hydrogen-bond donors (Lipinski definition) is 1. The number of hydrogen-bond acceptors (Lipinski definition) is 3. The van der Waals surface area contributed by atoms with E-state index in [-0.39, 0.29) is 49.3 Å². The molecule has 1 heterocycles. The van der Waals surface area contributed by atoms with Crippen LogP contribution in [0.4, 0.5) is 32.0 Å². The normalized spacial score (nSPS) is 19.2. The topological polar surface area (TPSA) is 49.8 Å². The van der Waals surface area contributed by atoms with Crippen molar-refractivity contribution in [3.8, 4) is 0 Å². The van der Waals surface area contributed by atoms with Crippen LogP contribution in [0.1, 0.15) is 43.2 Å². The zero-order chi connectivity index (χ0) is 21.4. The summed E-state index contributed by atoms with van der Waals surface area (Å²) in [6, 6.07) is 2.22. The monoisotopic (exact) mass is 425 g/mol. The largest absolute Gasteiger partial charge is 0.430 e. The Kier molecular flexibility index (Phi) is 5.88. The number of ether oxygens (including phenoxy) is 1. The predicted molar refractivity (Wildman–Crippen MR) is 91.0 cm³/mol. The lowest BCUT2D eigenvalue weighted by Crippen LogP contribution is -2.54. The van der Waals surface area contributed by atoms with Crippen LogP contribution in [0.3, 0.4) is 0 Å². The number of alkyl halides is 6. The van der Waals surface area contributed by atoms with Crippen molar-refractivity contribution >= 4 is 11.6 Å². The summed E-state index contributed by atoms with van der Waals surface area (Å²) in [5.74, 6) is -0.00625. The molecule has 0 aromatic heterocycles. The zero-order valence-electron chi connectivity index (χ0n) is 15.4. The molecule has 1 aromatic carbocycles. The molecule has 4 nitrogen and oxygen atoms in total. The molecule has 10 heteroatoms. The molecule has 2 aliphatic rings. The molecule has 1 saturated carbocycles. The zero-order valence-corrected chi connectivity index (χ0v) is 15.4. The number of nitrogens with zero attached hydrogens (tertiary/aromatic N) is 1. The molecule has 1 aliphatic carbocycles. The van der Waals surface area contributed by atoms with Crippen LogP contribution in [0.5, 0.6) is 0 Å². The van der Waals surface area contributed by atoms with Gasteiger partial charge in [-0.2, -0.15) is 26.3 Å². The van der Waals surface area contributed by atoms with Gasteiger partial charge in [0.1, 0.15) is 0 Å². The van der Waals surface area contributed by atoms with Crippen molar-refractivity contribution in [3.63, 3.8) is 0 Å². The molecule has 1 aromatic rings. The van der Waals surface area contributed by atoms with E-state index in [4.69, 9.17) is 4.74 Å². The number of rotatable bonds is 3. The van der Waals surface area contributed by atoms with Crippen LogP contribution >= 0.6 is 0 Å². The minimum Gasteiger partial charge on any atom is -0.375 e. The van der Waals surface area contributed by atoms with Gasteiger partial charge < -0.3 is 14.7 Å². The lowest BCUT2D eigenvalue weighted by Gasteiger charge is -2.33. The fourth-order valence-electron chi connectivity index (χ4n) is 3.97. The fourth-order valence-corrected chi connectivity index (χ4v) is 3.97. The highest BCUT2D eigenvalue weighted by Crippen LogP contribution is 2.50. The summed E-state index contributed by atoms with van der Waals surface area (Å²) in [5, 5.41) is 9.62. The number of fused-ring (bicyclic) bond motifs is 1. The fraction of sp³-hybridized carbons (Fsp3) is 0.632. The van der Waals surface area contributed by atoms with E-state index in [0.29, 0.717) is 12.1 Å². The molecular weight excluding hydrogens is 404 g/mol. The van der Waals surface area contributed by atoms with Gasteiger partial charge >= 0.3 is 12.4 Å². The van der Waals surface area contributed by atoms with Crippen LogP contribution in [-0.4, -0.2) is 36.5 Å². The Balaban J connectivity index is 1.96. The predicted octanol–water partition coefficient (Wildman–Crippen LogP) is 4.44. The Morgan fingerprint density at radius 1 is 1.10 bits per heavy atom. The van der Waals surface area contributed by atoms with Gasteiger partial charge in [0.15, 0.2) is 0 Å². The second-order valence-corrected chi connectivity index (χ2v) is 7.50. The Morgan fingerprint density at radius 3 is 2.31 bits per heavy atom. The molecule has 0 atom stereocenters. The first-order valence-electron chi connectivity index (χ1n) is 9.32. The summed E-state index contributed by atoms with van der Waals surface area (Å²) in [7, 11) is 0. The van der Waals surface area contributed by atoms with Crippen LogP contribution in [-0.2, 0) is 21.7 Å². The van der Waals surface area contributed by atoms with Crippen LogP contribution in [0.2, 0.25) is 0 Å². The van der Waals surface area contributed by atoms with Gasteiger partial charge in [-0.1, -0.05) is 18.9 Å². The first-order valence-corrected chi connectivity index (χ1v) is 9.32. The van der Waals surface area contributed by atoms with E-state index in [0.717, 1.165) is 31.7 Å². The maximum atomic E-state index is 13.2. The molecule has 29 heavy (non-hydrogen) atoms.